The van der Waals surface area contributed by atoms with Gasteiger partial charge in [-0.15, -0.1) is 0 Å². The highest BCUT2D eigenvalue weighted by Crippen LogP contribution is 2.31. The summed E-state index contributed by atoms with van der Waals surface area (Å²) in [6.45, 7) is 4.12. The molecule has 0 spiro atoms. The number of nitrogens with one attached hydrogen (secondary N) is 3. The van der Waals surface area contributed by atoms with Crippen molar-refractivity contribution in [2.24, 2.45) is 0 Å². The largest absolute Gasteiger partial charge is 0.367 e. The van der Waals surface area contributed by atoms with Crippen LogP contribution in [0, 0.1) is 0 Å². The fourth-order valence-electron chi connectivity index (χ4n) is 3.92. The molecule has 2 aromatic rings. The highest BCUT2D eigenvalue weighted by atomic mass is 16.2. The SMILES string of the molecule is CCCNC(=O)Nc1ccc(NC2=C(N3CCCC3)C(=O)c3ccccc3C2=O)cc1. The van der Waals surface area contributed by atoms with Crippen LogP contribution in [0.1, 0.15) is 46.9 Å². The summed E-state index contributed by atoms with van der Waals surface area (Å²) >= 11 is 0. The zero-order chi connectivity index (χ0) is 21.8. The van der Waals surface area contributed by atoms with E-state index < -0.39 is 0 Å². The number of carbonyl (C=O) groups is 3. The van der Waals surface area contributed by atoms with Gasteiger partial charge in [0.2, 0.25) is 11.6 Å². The van der Waals surface area contributed by atoms with Gasteiger partial charge in [-0.1, -0.05) is 31.2 Å². The van der Waals surface area contributed by atoms with Crippen LogP contribution in [0.3, 0.4) is 0 Å². The Labute approximate surface area is 181 Å². The van der Waals surface area contributed by atoms with Crippen LogP contribution in [0.2, 0.25) is 0 Å². The molecule has 31 heavy (non-hydrogen) atoms. The summed E-state index contributed by atoms with van der Waals surface area (Å²) in [7, 11) is 0. The van der Waals surface area contributed by atoms with E-state index in [1.807, 2.05) is 11.8 Å². The molecule has 1 fully saturated rings. The van der Waals surface area contributed by atoms with Crippen LogP contribution in [0.5, 0.6) is 0 Å². The number of allylic oxidation sites excluding steroid dienone is 2. The predicted molar refractivity (Wildman–Crippen MR) is 120 cm³/mol. The minimum absolute atomic E-state index is 0.120. The summed E-state index contributed by atoms with van der Waals surface area (Å²) in [6, 6.07) is 13.8. The van der Waals surface area contributed by atoms with Crippen molar-refractivity contribution in [3.63, 3.8) is 0 Å². The van der Waals surface area contributed by atoms with Crippen molar-refractivity contribution in [2.45, 2.75) is 26.2 Å². The van der Waals surface area contributed by atoms with E-state index in [4.69, 9.17) is 0 Å². The average Bonchev–Trinajstić information content (AvgIpc) is 3.31. The topological polar surface area (TPSA) is 90.5 Å². The Morgan fingerprint density at radius 2 is 1.52 bits per heavy atom. The molecule has 2 aliphatic rings. The molecule has 0 atom stereocenters. The summed E-state index contributed by atoms with van der Waals surface area (Å²) in [5.41, 5.74) is 2.95. The molecule has 0 bridgehead atoms. The van der Waals surface area contributed by atoms with Crippen LogP contribution < -0.4 is 16.0 Å². The summed E-state index contributed by atoms with van der Waals surface area (Å²) < 4.78 is 0. The number of Topliss-reactive ketones (excluding diaryl/α,β-unsaturated/α-hetero) is 2. The van der Waals surface area contributed by atoms with Gasteiger partial charge in [-0.25, -0.2) is 4.79 Å². The van der Waals surface area contributed by atoms with Crippen molar-refractivity contribution in [3.05, 3.63) is 71.1 Å². The van der Waals surface area contributed by atoms with E-state index >= 15 is 0 Å². The van der Waals surface area contributed by atoms with Crippen molar-refractivity contribution in [3.8, 4) is 0 Å². The maximum atomic E-state index is 13.3. The number of carbonyl (C=O) groups excluding carboxylic acids is 3. The number of anilines is 2. The van der Waals surface area contributed by atoms with Gasteiger partial charge in [0.15, 0.2) is 0 Å². The molecule has 1 aliphatic heterocycles. The molecule has 1 saturated heterocycles. The lowest BCUT2D eigenvalue weighted by atomic mass is 9.89. The van der Waals surface area contributed by atoms with E-state index in [2.05, 4.69) is 16.0 Å². The van der Waals surface area contributed by atoms with Crippen LogP contribution >= 0.6 is 0 Å². The average molecular weight is 418 g/mol. The Kier molecular flexibility index (Phi) is 6.02. The molecule has 0 radical (unpaired) electrons. The number of hydrogen-bond acceptors (Lipinski definition) is 5. The molecule has 2 aromatic carbocycles. The molecular formula is C24H26N4O3. The first-order valence-electron chi connectivity index (χ1n) is 10.7. The van der Waals surface area contributed by atoms with E-state index in [-0.39, 0.29) is 17.6 Å². The molecule has 0 aromatic heterocycles. The third kappa shape index (κ3) is 4.30. The molecule has 1 heterocycles. The third-order valence-electron chi connectivity index (χ3n) is 5.47. The number of nitrogens with zero attached hydrogens (tertiary/aromatic N) is 1. The number of fused-ring (bicyclic) bond motifs is 1. The first-order chi connectivity index (χ1) is 15.1. The van der Waals surface area contributed by atoms with E-state index in [1.165, 1.54) is 0 Å². The molecule has 1 aliphatic carbocycles. The predicted octanol–water partition coefficient (Wildman–Crippen LogP) is 4.02. The molecule has 0 saturated carbocycles. The van der Waals surface area contributed by atoms with Gasteiger partial charge in [0.25, 0.3) is 0 Å². The lowest BCUT2D eigenvalue weighted by Gasteiger charge is -2.28. The van der Waals surface area contributed by atoms with Gasteiger partial charge in [0, 0.05) is 42.1 Å². The fourth-order valence-corrected chi connectivity index (χ4v) is 3.92. The second-order valence-corrected chi connectivity index (χ2v) is 7.70. The van der Waals surface area contributed by atoms with Crippen LogP contribution in [-0.4, -0.2) is 42.1 Å². The van der Waals surface area contributed by atoms with Gasteiger partial charge in [0.1, 0.15) is 11.4 Å². The molecule has 0 unspecified atom stereocenters. The number of benzene rings is 2. The normalized spacial score (nSPS) is 15.7. The number of ketones is 2. The van der Waals surface area contributed by atoms with Crippen molar-refractivity contribution >= 4 is 29.0 Å². The van der Waals surface area contributed by atoms with Crippen LogP contribution in [0.15, 0.2) is 59.9 Å². The molecule has 7 nitrogen and oxygen atoms in total. The number of likely N-dealkylation sites (tertiary alicyclic amines) is 1. The molecule has 160 valence electrons. The number of rotatable bonds is 6. The Hall–Kier alpha value is -3.61. The smallest absolute Gasteiger partial charge is 0.319 e. The number of urea groups is 1. The van der Waals surface area contributed by atoms with E-state index in [9.17, 15) is 14.4 Å². The molecule has 3 N–H and O–H groups in total. The number of amides is 2. The van der Waals surface area contributed by atoms with Gasteiger partial charge < -0.3 is 20.9 Å². The Bertz CT molecular complexity index is 1040. The highest BCUT2D eigenvalue weighted by Gasteiger charge is 2.36. The van der Waals surface area contributed by atoms with Crippen molar-refractivity contribution < 1.29 is 14.4 Å². The number of hydrogen-bond donors (Lipinski definition) is 3. The monoisotopic (exact) mass is 418 g/mol. The van der Waals surface area contributed by atoms with Gasteiger partial charge in [-0.3, -0.25) is 9.59 Å². The van der Waals surface area contributed by atoms with Crippen molar-refractivity contribution in [2.75, 3.05) is 30.3 Å². The van der Waals surface area contributed by atoms with Gasteiger partial charge in [-0.2, -0.15) is 0 Å². The van der Waals surface area contributed by atoms with Gasteiger partial charge >= 0.3 is 6.03 Å². The fraction of sp³-hybridized carbons (Fsp3) is 0.292. The quantitative estimate of drug-likeness (QED) is 0.659. The minimum Gasteiger partial charge on any atom is -0.367 e. The first kappa shape index (κ1) is 20.7. The second-order valence-electron chi connectivity index (χ2n) is 7.70. The standard InChI is InChI=1S/C24H26N4O3/c1-2-13-25-24(31)27-17-11-9-16(10-12-17)26-20-21(28-14-5-6-15-28)23(30)19-8-4-3-7-18(19)22(20)29/h3-4,7-12,26H,2,5-6,13-15H2,1H3,(H2,25,27,31). The highest BCUT2D eigenvalue weighted by molar-refractivity contribution is 6.27. The van der Waals surface area contributed by atoms with Gasteiger partial charge in [-0.05, 0) is 43.5 Å². The molecule has 7 heteroatoms. The maximum Gasteiger partial charge on any atom is 0.319 e. The summed E-state index contributed by atoms with van der Waals surface area (Å²) in [6.07, 6.45) is 2.86. The summed E-state index contributed by atoms with van der Waals surface area (Å²) in [5, 5.41) is 8.71. The van der Waals surface area contributed by atoms with Crippen LogP contribution in [-0.2, 0) is 0 Å². The zero-order valence-corrected chi connectivity index (χ0v) is 17.5. The van der Waals surface area contributed by atoms with Crippen molar-refractivity contribution in [1.29, 1.82) is 0 Å². The van der Waals surface area contributed by atoms with E-state index in [1.54, 1.807) is 48.5 Å². The second kappa shape index (κ2) is 9.04. The molecular weight excluding hydrogens is 392 g/mol. The molecule has 2 amide bonds. The van der Waals surface area contributed by atoms with E-state index in [0.717, 1.165) is 32.4 Å². The minimum atomic E-state index is -0.258. The first-order valence-corrected chi connectivity index (χ1v) is 10.7. The third-order valence-corrected chi connectivity index (χ3v) is 5.47. The Morgan fingerprint density at radius 1 is 0.903 bits per heavy atom. The Morgan fingerprint density at radius 3 is 2.16 bits per heavy atom. The van der Waals surface area contributed by atoms with Gasteiger partial charge in [0.05, 0.1) is 0 Å². The van der Waals surface area contributed by atoms with Crippen LogP contribution in [0.4, 0.5) is 16.2 Å². The summed E-state index contributed by atoms with van der Waals surface area (Å²) in [5.74, 6) is -0.302. The van der Waals surface area contributed by atoms with Crippen molar-refractivity contribution in [1.82, 2.24) is 10.2 Å². The summed E-state index contributed by atoms with van der Waals surface area (Å²) in [4.78, 5) is 40.4. The molecule has 4 rings (SSSR count). The lowest BCUT2D eigenvalue weighted by Crippen LogP contribution is -2.35. The zero-order valence-electron chi connectivity index (χ0n) is 17.5. The Balaban J connectivity index is 1.60. The lowest BCUT2D eigenvalue weighted by molar-refractivity contribution is 0.0948. The van der Waals surface area contributed by atoms with E-state index in [0.29, 0.717) is 40.4 Å². The van der Waals surface area contributed by atoms with Crippen LogP contribution in [0.25, 0.3) is 0 Å². The maximum absolute atomic E-state index is 13.3.